The van der Waals surface area contributed by atoms with Crippen molar-refractivity contribution in [2.75, 3.05) is 0 Å². The number of benzene rings is 1. The Morgan fingerprint density at radius 2 is 2.06 bits per heavy atom. The SMILES string of the molecule is NC(=O)c1cccc2ccc([N+](=O)[O-])nc12. The van der Waals surface area contributed by atoms with Crippen molar-refractivity contribution in [1.29, 1.82) is 0 Å². The molecule has 0 aliphatic heterocycles. The highest BCUT2D eigenvalue weighted by Gasteiger charge is 2.15. The Bertz CT molecular complexity index is 595. The van der Waals surface area contributed by atoms with Gasteiger partial charge in [0.25, 0.3) is 5.91 Å². The van der Waals surface area contributed by atoms with Crippen LogP contribution in [0.1, 0.15) is 10.4 Å². The molecule has 0 aliphatic rings. The number of hydrogen-bond donors (Lipinski definition) is 1. The second kappa shape index (κ2) is 3.58. The molecule has 0 aliphatic carbocycles. The lowest BCUT2D eigenvalue weighted by atomic mass is 10.1. The minimum Gasteiger partial charge on any atom is -0.365 e. The monoisotopic (exact) mass is 217 g/mol. The van der Waals surface area contributed by atoms with Crippen LogP contribution >= 0.6 is 0 Å². The number of fused-ring (bicyclic) bond motifs is 1. The molecule has 0 unspecified atom stereocenters. The summed E-state index contributed by atoms with van der Waals surface area (Å²) in [4.78, 5) is 24.8. The van der Waals surface area contributed by atoms with Crippen molar-refractivity contribution in [3.05, 3.63) is 46.0 Å². The number of nitrogens with two attached hydrogens (primary N) is 1. The topological polar surface area (TPSA) is 99.1 Å². The van der Waals surface area contributed by atoms with Crippen LogP contribution in [0.5, 0.6) is 0 Å². The van der Waals surface area contributed by atoms with Gasteiger partial charge in [-0.3, -0.25) is 4.79 Å². The van der Waals surface area contributed by atoms with Crippen molar-refractivity contribution in [1.82, 2.24) is 4.98 Å². The fourth-order valence-corrected chi connectivity index (χ4v) is 1.44. The lowest BCUT2D eigenvalue weighted by Crippen LogP contribution is -2.12. The van der Waals surface area contributed by atoms with Crippen LogP contribution in [0.15, 0.2) is 30.3 Å². The minimum atomic E-state index is -0.654. The molecule has 1 aromatic carbocycles. The second-order valence-electron chi connectivity index (χ2n) is 3.17. The number of para-hydroxylation sites is 1. The van der Waals surface area contributed by atoms with E-state index in [9.17, 15) is 14.9 Å². The van der Waals surface area contributed by atoms with E-state index in [2.05, 4.69) is 4.98 Å². The summed E-state index contributed by atoms with van der Waals surface area (Å²) >= 11 is 0. The molecule has 6 nitrogen and oxygen atoms in total. The largest absolute Gasteiger partial charge is 0.365 e. The fraction of sp³-hybridized carbons (Fsp3) is 0. The van der Waals surface area contributed by atoms with Crippen LogP contribution in [0.4, 0.5) is 5.82 Å². The third-order valence-corrected chi connectivity index (χ3v) is 2.16. The standard InChI is InChI=1S/C10H7N3O3/c11-10(14)7-3-1-2-6-4-5-8(13(15)16)12-9(6)7/h1-5H,(H2,11,14). The average molecular weight is 217 g/mol. The summed E-state index contributed by atoms with van der Waals surface area (Å²) in [5.74, 6) is -0.959. The van der Waals surface area contributed by atoms with Crippen molar-refractivity contribution in [2.24, 2.45) is 5.73 Å². The number of rotatable bonds is 2. The maximum Gasteiger partial charge on any atom is 0.364 e. The Morgan fingerprint density at radius 1 is 1.31 bits per heavy atom. The molecule has 0 spiro atoms. The van der Waals surface area contributed by atoms with Crippen molar-refractivity contribution in [3.63, 3.8) is 0 Å². The van der Waals surface area contributed by atoms with Gasteiger partial charge in [0.05, 0.1) is 5.56 Å². The lowest BCUT2D eigenvalue weighted by molar-refractivity contribution is -0.389. The summed E-state index contributed by atoms with van der Waals surface area (Å²) in [5.41, 5.74) is 5.59. The van der Waals surface area contributed by atoms with Crippen molar-refractivity contribution in [3.8, 4) is 0 Å². The van der Waals surface area contributed by atoms with Crippen LogP contribution in [-0.2, 0) is 0 Å². The van der Waals surface area contributed by atoms with E-state index in [4.69, 9.17) is 5.73 Å². The Hall–Kier alpha value is -2.50. The summed E-state index contributed by atoms with van der Waals surface area (Å²) < 4.78 is 0. The van der Waals surface area contributed by atoms with Crippen LogP contribution in [0.2, 0.25) is 0 Å². The molecule has 80 valence electrons. The van der Waals surface area contributed by atoms with E-state index in [1.165, 1.54) is 18.2 Å². The van der Waals surface area contributed by atoms with Gasteiger partial charge in [0.15, 0.2) is 5.52 Å². The number of hydrogen-bond acceptors (Lipinski definition) is 4. The van der Waals surface area contributed by atoms with Crippen LogP contribution in [0.3, 0.4) is 0 Å². The van der Waals surface area contributed by atoms with E-state index in [0.717, 1.165) is 0 Å². The number of nitrogens with zero attached hydrogens (tertiary/aromatic N) is 2. The molecule has 2 rings (SSSR count). The number of amides is 1. The molecule has 6 heteroatoms. The Balaban J connectivity index is 2.78. The van der Waals surface area contributed by atoms with Crippen molar-refractivity contribution in [2.45, 2.75) is 0 Å². The molecule has 0 saturated carbocycles. The molecule has 0 radical (unpaired) electrons. The van der Waals surface area contributed by atoms with Gasteiger partial charge in [0.1, 0.15) is 0 Å². The number of pyridine rings is 1. The zero-order valence-corrected chi connectivity index (χ0v) is 8.08. The van der Waals surface area contributed by atoms with Gasteiger partial charge in [-0.1, -0.05) is 12.1 Å². The van der Waals surface area contributed by atoms with E-state index in [1.54, 1.807) is 12.1 Å². The maximum absolute atomic E-state index is 11.1. The smallest absolute Gasteiger partial charge is 0.364 e. The maximum atomic E-state index is 11.1. The molecular weight excluding hydrogens is 210 g/mol. The highest BCUT2D eigenvalue weighted by Crippen LogP contribution is 2.19. The molecule has 2 aromatic rings. The molecule has 0 bridgehead atoms. The predicted molar refractivity (Wildman–Crippen MR) is 56.9 cm³/mol. The number of aromatic nitrogens is 1. The normalized spacial score (nSPS) is 10.2. The number of carbonyl (C=O) groups excluding carboxylic acids is 1. The minimum absolute atomic E-state index is 0.182. The van der Waals surface area contributed by atoms with E-state index in [0.29, 0.717) is 5.39 Å². The van der Waals surface area contributed by atoms with E-state index in [-0.39, 0.29) is 16.9 Å². The Morgan fingerprint density at radius 3 is 2.69 bits per heavy atom. The van der Waals surface area contributed by atoms with E-state index >= 15 is 0 Å². The first-order chi connectivity index (χ1) is 7.59. The van der Waals surface area contributed by atoms with Crippen LogP contribution < -0.4 is 5.73 Å². The summed E-state index contributed by atoms with van der Waals surface area (Å²) in [5, 5.41) is 11.2. The summed E-state index contributed by atoms with van der Waals surface area (Å²) in [6, 6.07) is 7.66. The van der Waals surface area contributed by atoms with Crippen LogP contribution in [0, 0.1) is 10.1 Å². The average Bonchev–Trinajstić information content (AvgIpc) is 2.27. The zero-order valence-electron chi connectivity index (χ0n) is 8.08. The van der Waals surface area contributed by atoms with E-state index < -0.39 is 10.8 Å². The predicted octanol–water partition coefficient (Wildman–Crippen LogP) is 1.24. The van der Waals surface area contributed by atoms with Crippen LogP contribution in [0.25, 0.3) is 10.9 Å². The summed E-state index contributed by atoms with van der Waals surface area (Å²) in [7, 11) is 0. The summed E-state index contributed by atoms with van der Waals surface area (Å²) in [6.45, 7) is 0. The number of carbonyl (C=O) groups is 1. The number of primary amides is 1. The molecule has 1 heterocycles. The van der Waals surface area contributed by atoms with Gasteiger partial charge in [0.2, 0.25) is 0 Å². The molecule has 0 saturated heterocycles. The highest BCUT2D eigenvalue weighted by atomic mass is 16.6. The first kappa shape index (κ1) is 10.0. The third kappa shape index (κ3) is 1.56. The van der Waals surface area contributed by atoms with Gasteiger partial charge >= 0.3 is 5.82 Å². The van der Waals surface area contributed by atoms with Crippen molar-refractivity contribution >= 4 is 22.6 Å². The molecule has 0 fully saturated rings. The van der Waals surface area contributed by atoms with Gasteiger partial charge in [-0.2, -0.15) is 0 Å². The second-order valence-corrected chi connectivity index (χ2v) is 3.17. The van der Waals surface area contributed by atoms with Gasteiger partial charge in [-0.15, -0.1) is 0 Å². The molecule has 2 N–H and O–H groups in total. The first-order valence-electron chi connectivity index (χ1n) is 4.43. The number of nitro groups is 1. The van der Waals surface area contributed by atoms with Gasteiger partial charge in [0, 0.05) is 11.5 Å². The molecule has 1 amide bonds. The Labute approximate surface area is 89.9 Å². The zero-order chi connectivity index (χ0) is 11.7. The fourth-order valence-electron chi connectivity index (χ4n) is 1.44. The molecule has 1 aromatic heterocycles. The summed E-state index contributed by atoms with van der Waals surface area (Å²) in [6.07, 6.45) is 0. The van der Waals surface area contributed by atoms with Crippen molar-refractivity contribution < 1.29 is 9.72 Å². The van der Waals surface area contributed by atoms with Crippen LogP contribution in [-0.4, -0.2) is 15.8 Å². The quantitative estimate of drug-likeness (QED) is 0.604. The first-order valence-corrected chi connectivity index (χ1v) is 4.43. The highest BCUT2D eigenvalue weighted by molar-refractivity contribution is 6.04. The molecule has 16 heavy (non-hydrogen) atoms. The third-order valence-electron chi connectivity index (χ3n) is 2.16. The Kier molecular flexibility index (Phi) is 2.24. The molecule has 0 atom stereocenters. The molecular formula is C10H7N3O3. The van der Waals surface area contributed by atoms with Gasteiger partial charge in [-0.25, -0.2) is 0 Å². The van der Waals surface area contributed by atoms with Gasteiger partial charge < -0.3 is 15.8 Å². The van der Waals surface area contributed by atoms with E-state index in [1.807, 2.05) is 0 Å². The lowest BCUT2D eigenvalue weighted by Gasteiger charge is -1.98. The van der Waals surface area contributed by atoms with Gasteiger partial charge in [-0.05, 0) is 22.0 Å².